The SMILES string of the molecule is CCCCc1ccc(CC(CCc2ccccc2)C(CC)c2ccc(C)c(C)c2)nc1. The van der Waals surface area contributed by atoms with Crippen LogP contribution in [0.15, 0.2) is 66.9 Å². The monoisotopic (exact) mass is 413 g/mol. The molecule has 0 radical (unpaired) electrons. The van der Waals surface area contributed by atoms with Crippen molar-refractivity contribution in [1.29, 1.82) is 0 Å². The number of aryl methyl sites for hydroxylation is 4. The Balaban J connectivity index is 1.81. The van der Waals surface area contributed by atoms with Crippen LogP contribution in [0.2, 0.25) is 0 Å². The Morgan fingerprint density at radius 1 is 0.806 bits per heavy atom. The number of pyridine rings is 1. The van der Waals surface area contributed by atoms with Gasteiger partial charge in [-0.1, -0.05) is 74.9 Å². The Morgan fingerprint density at radius 2 is 1.61 bits per heavy atom. The van der Waals surface area contributed by atoms with E-state index >= 15 is 0 Å². The van der Waals surface area contributed by atoms with E-state index in [9.17, 15) is 0 Å². The Bertz CT molecular complexity index is 911. The summed E-state index contributed by atoms with van der Waals surface area (Å²) >= 11 is 0. The molecule has 1 heterocycles. The van der Waals surface area contributed by atoms with E-state index in [1.807, 2.05) is 0 Å². The Kier molecular flexibility index (Phi) is 8.88. The highest BCUT2D eigenvalue weighted by Crippen LogP contribution is 2.34. The summed E-state index contributed by atoms with van der Waals surface area (Å²) in [7, 11) is 0. The molecule has 2 unspecified atom stereocenters. The van der Waals surface area contributed by atoms with Crippen LogP contribution >= 0.6 is 0 Å². The second-order valence-corrected chi connectivity index (χ2v) is 9.11. The lowest BCUT2D eigenvalue weighted by molar-refractivity contribution is 0.380. The van der Waals surface area contributed by atoms with Gasteiger partial charge in [0.05, 0.1) is 0 Å². The van der Waals surface area contributed by atoms with E-state index in [1.165, 1.54) is 52.8 Å². The first-order chi connectivity index (χ1) is 15.1. The molecule has 31 heavy (non-hydrogen) atoms. The van der Waals surface area contributed by atoms with Gasteiger partial charge in [0.1, 0.15) is 0 Å². The van der Waals surface area contributed by atoms with Crippen LogP contribution in [0.1, 0.15) is 79.0 Å². The lowest BCUT2D eigenvalue weighted by atomic mass is 9.77. The lowest BCUT2D eigenvalue weighted by Gasteiger charge is -2.27. The fourth-order valence-corrected chi connectivity index (χ4v) is 4.65. The smallest absolute Gasteiger partial charge is 0.0406 e. The number of hydrogen-bond acceptors (Lipinski definition) is 1. The predicted molar refractivity (Wildman–Crippen MR) is 134 cm³/mol. The molecule has 1 heteroatoms. The van der Waals surface area contributed by atoms with Gasteiger partial charge in [-0.3, -0.25) is 4.98 Å². The first-order valence-electron chi connectivity index (χ1n) is 12.2. The third kappa shape index (κ3) is 6.79. The molecular weight excluding hydrogens is 374 g/mol. The molecule has 1 aromatic heterocycles. The van der Waals surface area contributed by atoms with Crippen molar-refractivity contribution in [2.24, 2.45) is 5.92 Å². The maximum absolute atomic E-state index is 4.87. The number of aromatic nitrogens is 1. The summed E-state index contributed by atoms with van der Waals surface area (Å²) in [4.78, 5) is 4.87. The highest BCUT2D eigenvalue weighted by Gasteiger charge is 2.23. The normalized spacial score (nSPS) is 13.2. The maximum atomic E-state index is 4.87. The van der Waals surface area contributed by atoms with Gasteiger partial charge < -0.3 is 0 Å². The second kappa shape index (κ2) is 11.8. The van der Waals surface area contributed by atoms with Crippen molar-refractivity contribution in [3.8, 4) is 0 Å². The van der Waals surface area contributed by atoms with Crippen molar-refractivity contribution in [2.75, 3.05) is 0 Å². The molecule has 1 nitrogen and oxygen atoms in total. The standard InChI is InChI=1S/C30H39N/c1-5-7-11-26-16-19-29(31-22-26)21-28(18-15-25-12-9-8-10-13-25)30(6-2)27-17-14-23(3)24(4)20-27/h8-10,12-14,16-17,19-20,22,28,30H,5-7,11,15,18,21H2,1-4H3. The van der Waals surface area contributed by atoms with Gasteiger partial charge in [-0.25, -0.2) is 0 Å². The quantitative estimate of drug-likeness (QED) is 0.310. The van der Waals surface area contributed by atoms with Crippen LogP contribution in [0.25, 0.3) is 0 Å². The van der Waals surface area contributed by atoms with Gasteiger partial charge in [-0.05, 0) is 98.1 Å². The van der Waals surface area contributed by atoms with E-state index in [1.54, 1.807) is 0 Å². The van der Waals surface area contributed by atoms with E-state index in [-0.39, 0.29) is 0 Å². The molecule has 0 N–H and O–H groups in total. The Labute approximate surface area is 190 Å². The van der Waals surface area contributed by atoms with Crippen molar-refractivity contribution in [3.05, 3.63) is 100 Å². The van der Waals surface area contributed by atoms with Gasteiger partial charge in [0.15, 0.2) is 0 Å². The van der Waals surface area contributed by atoms with E-state index in [4.69, 9.17) is 4.98 Å². The van der Waals surface area contributed by atoms with E-state index in [2.05, 4.69) is 94.6 Å². The minimum atomic E-state index is 0.560. The fourth-order valence-electron chi connectivity index (χ4n) is 4.65. The minimum absolute atomic E-state index is 0.560. The summed E-state index contributed by atoms with van der Waals surface area (Å²) in [6.07, 6.45) is 10.2. The average Bonchev–Trinajstić information content (AvgIpc) is 2.80. The number of benzene rings is 2. The Morgan fingerprint density at radius 3 is 2.26 bits per heavy atom. The van der Waals surface area contributed by atoms with E-state index in [0.717, 1.165) is 25.7 Å². The van der Waals surface area contributed by atoms with Gasteiger partial charge in [-0.15, -0.1) is 0 Å². The minimum Gasteiger partial charge on any atom is -0.261 e. The second-order valence-electron chi connectivity index (χ2n) is 9.11. The third-order valence-electron chi connectivity index (χ3n) is 6.79. The molecule has 0 aliphatic heterocycles. The van der Waals surface area contributed by atoms with Crippen molar-refractivity contribution < 1.29 is 0 Å². The van der Waals surface area contributed by atoms with E-state index < -0.39 is 0 Å². The molecule has 3 aromatic rings. The predicted octanol–water partition coefficient (Wildman–Crippen LogP) is 8.03. The number of hydrogen-bond donors (Lipinski definition) is 0. The topological polar surface area (TPSA) is 12.9 Å². The van der Waals surface area contributed by atoms with Gasteiger partial charge in [0.2, 0.25) is 0 Å². The van der Waals surface area contributed by atoms with Crippen LogP contribution in [-0.2, 0) is 19.3 Å². The molecule has 0 amide bonds. The van der Waals surface area contributed by atoms with Crippen LogP contribution in [0, 0.1) is 19.8 Å². The zero-order valence-electron chi connectivity index (χ0n) is 19.9. The molecular formula is C30H39N. The highest BCUT2D eigenvalue weighted by molar-refractivity contribution is 5.32. The van der Waals surface area contributed by atoms with Gasteiger partial charge in [0.25, 0.3) is 0 Å². The molecule has 0 aliphatic rings. The fraction of sp³-hybridized carbons (Fsp3) is 0.433. The summed E-state index contributed by atoms with van der Waals surface area (Å²) < 4.78 is 0. The number of unbranched alkanes of at least 4 members (excludes halogenated alkanes) is 1. The molecule has 2 aromatic carbocycles. The van der Waals surface area contributed by atoms with Crippen LogP contribution in [0.5, 0.6) is 0 Å². The zero-order valence-corrected chi connectivity index (χ0v) is 19.9. The summed E-state index contributed by atoms with van der Waals surface area (Å²) in [5, 5.41) is 0. The average molecular weight is 414 g/mol. The van der Waals surface area contributed by atoms with Gasteiger partial charge in [-0.2, -0.15) is 0 Å². The largest absolute Gasteiger partial charge is 0.261 e. The van der Waals surface area contributed by atoms with Crippen LogP contribution < -0.4 is 0 Å². The number of nitrogens with zero attached hydrogens (tertiary/aromatic N) is 1. The summed E-state index contributed by atoms with van der Waals surface area (Å²) in [5.74, 6) is 1.14. The molecule has 0 saturated heterocycles. The molecule has 0 bridgehead atoms. The van der Waals surface area contributed by atoms with Crippen molar-refractivity contribution in [2.45, 2.75) is 78.6 Å². The highest BCUT2D eigenvalue weighted by atomic mass is 14.7. The molecule has 0 aliphatic carbocycles. The summed E-state index contributed by atoms with van der Waals surface area (Å²) in [6.45, 7) is 9.03. The first kappa shape index (κ1) is 23.3. The van der Waals surface area contributed by atoms with Crippen LogP contribution in [0.4, 0.5) is 0 Å². The molecule has 3 rings (SSSR count). The molecule has 0 fully saturated rings. The lowest BCUT2D eigenvalue weighted by Crippen LogP contribution is -2.17. The van der Waals surface area contributed by atoms with Crippen molar-refractivity contribution in [1.82, 2.24) is 4.98 Å². The number of rotatable bonds is 11. The van der Waals surface area contributed by atoms with Crippen LogP contribution in [-0.4, -0.2) is 4.98 Å². The third-order valence-corrected chi connectivity index (χ3v) is 6.79. The molecule has 2 atom stereocenters. The first-order valence-corrected chi connectivity index (χ1v) is 12.2. The van der Waals surface area contributed by atoms with Crippen LogP contribution in [0.3, 0.4) is 0 Å². The molecule has 0 spiro atoms. The van der Waals surface area contributed by atoms with Gasteiger partial charge >= 0.3 is 0 Å². The van der Waals surface area contributed by atoms with Gasteiger partial charge in [0, 0.05) is 11.9 Å². The van der Waals surface area contributed by atoms with E-state index in [0.29, 0.717) is 11.8 Å². The maximum Gasteiger partial charge on any atom is 0.0406 e. The zero-order chi connectivity index (χ0) is 22.1. The van der Waals surface area contributed by atoms with Crippen molar-refractivity contribution in [3.63, 3.8) is 0 Å². The Hall–Kier alpha value is -2.41. The van der Waals surface area contributed by atoms with Crippen molar-refractivity contribution >= 4 is 0 Å². The summed E-state index contributed by atoms with van der Waals surface area (Å²) in [5.41, 5.74) is 8.31. The molecule has 0 saturated carbocycles. The molecule has 164 valence electrons. The summed E-state index contributed by atoms with van der Waals surface area (Å²) in [6, 6.07) is 22.6.